The monoisotopic (exact) mass is 364 g/mol. The Morgan fingerprint density at radius 2 is 1.85 bits per heavy atom. The van der Waals surface area contributed by atoms with Gasteiger partial charge in [-0.15, -0.1) is 0 Å². The normalized spacial score (nSPS) is 19.3. The number of methoxy groups -OCH3 is 1. The van der Waals surface area contributed by atoms with E-state index in [1.165, 1.54) is 5.56 Å². The summed E-state index contributed by atoms with van der Waals surface area (Å²) in [6, 6.07) is 15.6. The lowest BCUT2D eigenvalue weighted by molar-refractivity contribution is -0.136. The Morgan fingerprint density at radius 1 is 1.15 bits per heavy atom. The van der Waals surface area contributed by atoms with E-state index in [0.717, 1.165) is 23.4 Å². The van der Waals surface area contributed by atoms with Crippen LogP contribution in [0.5, 0.6) is 5.75 Å². The maximum atomic E-state index is 13.3. The van der Waals surface area contributed by atoms with Gasteiger partial charge in [0.15, 0.2) is 0 Å². The number of anilines is 1. The van der Waals surface area contributed by atoms with Gasteiger partial charge in [0.25, 0.3) is 0 Å². The summed E-state index contributed by atoms with van der Waals surface area (Å²) in [5.74, 6) is 0.549. The van der Waals surface area contributed by atoms with Crippen LogP contribution in [-0.2, 0) is 22.6 Å². The zero-order valence-electron chi connectivity index (χ0n) is 15.7. The highest BCUT2D eigenvalue weighted by Gasteiger charge is 2.59. The maximum absolute atomic E-state index is 13.3. The molecule has 1 atom stereocenters. The Balaban J connectivity index is 1.46. The number of benzene rings is 2. The molecule has 0 aromatic heterocycles. The lowest BCUT2D eigenvalue weighted by Gasteiger charge is -2.27. The van der Waals surface area contributed by atoms with Crippen LogP contribution in [0.25, 0.3) is 0 Å². The molecule has 0 bridgehead atoms. The van der Waals surface area contributed by atoms with Gasteiger partial charge in [-0.2, -0.15) is 0 Å². The quantitative estimate of drug-likeness (QED) is 0.830. The van der Waals surface area contributed by atoms with Gasteiger partial charge in [-0.3, -0.25) is 9.59 Å². The molecule has 1 N–H and O–H groups in total. The number of nitrogens with one attached hydrogen (secondary N) is 1. The number of fused-ring (bicyclic) bond motifs is 1. The number of ether oxygens (including phenoxy) is 1. The van der Waals surface area contributed by atoms with E-state index < -0.39 is 5.41 Å². The maximum Gasteiger partial charge on any atom is 0.242 e. The molecule has 5 heteroatoms. The van der Waals surface area contributed by atoms with Gasteiger partial charge in [0.1, 0.15) is 11.2 Å². The van der Waals surface area contributed by atoms with E-state index in [9.17, 15) is 9.59 Å². The highest BCUT2D eigenvalue weighted by molar-refractivity contribution is 6.14. The Bertz CT molecular complexity index is 871. The highest BCUT2D eigenvalue weighted by Crippen LogP contribution is 2.50. The number of nitrogens with zero attached hydrogens (tertiary/aromatic N) is 1. The van der Waals surface area contributed by atoms with Crippen LogP contribution in [0.1, 0.15) is 30.9 Å². The van der Waals surface area contributed by atoms with E-state index in [1.807, 2.05) is 54.3 Å². The second-order valence-corrected chi connectivity index (χ2v) is 7.47. The molecule has 1 heterocycles. The van der Waals surface area contributed by atoms with Crippen molar-refractivity contribution in [2.24, 2.45) is 5.41 Å². The van der Waals surface area contributed by atoms with E-state index in [2.05, 4.69) is 11.4 Å². The number of carbonyl (C=O) groups is 2. The van der Waals surface area contributed by atoms with Crippen molar-refractivity contribution in [3.05, 3.63) is 59.7 Å². The van der Waals surface area contributed by atoms with Gasteiger partial charge in [-0.1, -0.05) is 30.3 Å². The van der Waals surface area contributed by atoms with Crippen LogP contribution < -0.4 is 15.0 Å². The molecule has 140 valence electrons. The van der Waals surface area contributed by atoms with E-state index >= 15 is 0 Å². The molecule has 1 unspecified atom stereocenters. The molecule has 1 saturated carbocycles. The number of amides is 2. The Kier molecular flexibility index (Phi) is 4.38. The molecule has 4 rings (SSSR count). The summed E-state index contributed by atoms with van der Waals surface area (Å²) in [5, 5.41) is 2.96. The van der Waals surface area contributed by atoms with Crippen LogP contribution >= 0.6 is 0 Å². The van der Waals surface area contributed by atoms with Crippen molar-refractivity contribution in [2.45, 2.75) is 38.8 Å². The first-order valence-electron chi connectivity index (χ1n) is 9.38. The van der Waals surface area contributed by atoms with Gasteiger partial charge >= 0.3 is 0 Å². The first-order valence-corrected chi connectivity index (χ1v) is 9.38. The third-order valence-corrected chi connectivity index (χ3v) is 5.63. The van der Waals surface area contributed by atoms with E-state index in [-0.39, 0.29) is 17.9 Å². The predicted molar refractivity (Wildman–Crippen MR) is 104 cm³/mol. The number of hydrogen-bond donors (Lipinski definition) is 1. The zero-order valence-corrected chi connectivity index (χ0v) is 15.7. The van der Waals surface area contributed by atoms with E-state index in [1.54, 1.807) is 7.11 Å². The Hall–Kier alpha value is -2.82. The number of rotatable bonds is 5. The number of carbonyl (C=O) groups excluding carboxylic acids is 2. The highest BCUT2D eigenvalue weighted by atomic mass is 16.5. The predicted octanol–water partition coefficient (Wildman–Crippen LogP) is 3.07. The number of hydrogen-bond acceptors (Lipinski definition) is 3. The lowest BCUT2D eigenvalue weighted by atomic mass is 10.0. The molecule has 1 fully saturated rings. The summed E-state index contributed by atoms with van der Waals surface area (Å²) in [6.07, 6.45) is 2.07. The molecule has 1 aliphatic carbocycles. The molecular weight excluding hydrogens is 340 g/mol. The minimum atomic E-state index is -0.905. The molecule has 0 spiro atoms. The minimum Gasteiger partial charge on any atom is -0.497 e. The average Bonchev–Trinajstić information content (AvgIpc) is 3.43. The van der Waals surface area contributed by atoms with E-state index in [4.69, 9.17) is 4.74 Å². The topological polar surface area (TPSA) is 58.6 Å². The molecule has 2 aromatic rings. The molecule has 27 heavy (non-hydrogen) atoms. The van der Waals surface area contributed by atoms with Crippen molar-refractivity contribution in [2.75, 3.05) is 12.0 Å². The van der Waals surface area contributed by atoms with Gasteiger partial charge in [-0.05, 0) is 55.5 Å². The second-order valence-electron chi connectivity index (χ2n) is 7.47. The Morgan fingerprint density at radius 3 is 2.52 bits per heavy atom. The lowest BCUT2D eigenvalue weighted by Crippen LogP contribution is -2.47. The summed E-state index contributed by atoms with van der Waals surface area (Å²) in [6.45, 7) is 2.45. The summed E-state index contributed by atoms with van der Waals surface area (Å²) in [7, 11) is 1.62. The van der Waals surface area contributed by atoms with Crippen LogP contribution in [0, 0.1) is 5.41 Å². The van der Waals surface area contributed by atoms with Crippen molar-refractivity contribution in [1.82, 2.24) is 5.32 Å². The smallest absolute Gasteiger partial charge is 0.242 e. The molecule has 5 nitrogen and oxygen atoms in total. The van der Waals surface area contributed by atoms with Crippen LogP contribution in [0.4, 0.5) is 5.69 Å². The first-order chi connectivity index (χ1) is 13.0. The minimum absolute atomic E-state index is 0.0628. The van der Waals surface area contributed by atoms with Crippen LogP contribution in [0.15, 0.2) is 48.5 Å². The second kappa shape index (κ2) is 6.72. The third-order valence-electron chi connectivity index (χ3n) is 5.63. The van der Waals surface area contributed by atoms with Crippen molar-refractivity contribution in [3.8, 4) is 5.75 Å². The zero-order chi connectivity index (χ0) is 19.0. The van der Waals surface area contributed by atoms with Crippen molar-refractivity contribution < 1.29 is 14.3 Å². The Labute approximate surface area is 159 Å². The van der Waals surface area contributed by atoms with Gasteiger partial charge in [0.05, 0.1) is 7.11 Å². The summed E-state index contributed by atoms with van der Waals surface area (Å²) >= 11 is 0. The fraction of sp³-hybridized carbons (Fsp3) is 0.364. The fourth-order valence-electron chi connectivity index (χ4n) is 3.86. The van der Waals surface area contributed by atoms with Gasteiger partial charge < -0.3 is 15.0 Å². The van der Waals surface area contributed by atoms with Crippen molar-refractivity contribution in [1.29, 1.82) is 0 Å². The fourth-order valence-corrected chi connectivity index (χ4v) is 3.86. The average molecular weight is 364 g/mol. The molecule has 0 radical (unpaired) electrons. The van der Waals surface area contributed by atoms with Crippen LogP contribution in [0.3, 0.4) is 0 Å². The van der Waals surface area contributed by atoms with Gasteiger partial charge in [0, 0.05) is 18.3 Å². The third kappa shape index (κ3) is 3.07. The molecular formula is C22H24N2O3. The summed E-state index contributed by atoms with van der Waals surface area (Å²) < 4.78 is 5.15. The number of para-hydroxylation sites is 1. The molecule has 0 saturated heterocycles. The molecule has 1 aliphatic heterocycles. The van der Waals surface area contributed by atoms with Gasteiger partial charge in [-0.25, -0.2) is 0 Å². The largest absolute Gasteiger partial charge is 0.497 e. The summed E-state index contributed by atoms with van der Waals surface area (Å²) in [5.41, 5.74) is 2.20. The van der Waals surface area contributed by atoms with Crippen LogP contribution in [-0.4, -0.2) is 25.0 Å². The SMILES string of the molecule is COc1ccc(CNC(=O)C2(C(=O)N3c4ccccc4CC3C)CC2)cc1. The van der Waals surface area contributed by atoms with Crippen molar-refractivity contribution >= 4 is 17.5 Å². The summed E-state index contributed by atoms with van der Waals surface area (Å²) in [4.78, 5) is 28.0. The standard InChI is InChI=1S/C22H24N2O3/c1-15-13-17-5-3-4-6-19(17)24(15)21(26)22(11-12-22)20(25)23-14-16-7-9-18(27-2)10-8-16/h3-10,15H,11-14H2,1-2H3,(H,23,25). The first kappa shape index (κ1) is 17.6. The van der Waals surface area contributed by atoms with E-state index in [0.29, 0.717) is 19.4 Å². The molecule has 2 amide bonds. The van der Waals surface area contributed by atoms with Gasteiger partial charge in [0.2, 0.25) is 11.8 Å². The van der Waals surface area contributed by atoms with Crippen LogP contribution in [0.2, 0.25) is 0 Å². The molecule has 2 aromatic carbocycles. The molecule has 2 aliphatic rings. The van der Waals surface area contributed by atoms with Crippen molar-refractivity contribution in [3.63, 3.8) is 0 Å².